The number of sulfonamides is 1. The fourth-order valence-electron chi connectivity index (χ4n) is 2.96. The van der Waals surface area contributed by atoms with Gasteiger partial charge in [0.15, 0.2) is 5.03 Å². The fraction of sp³-hybridized carbons (Fsp3) is 0.350. The van der Waals surface area contributed by atoms with Crippen molar-refractivity contribution >= 4 is 33.2 Å². The Balaban J connectivity index is 1.74. The van der Waals surface area contributed by atoms with E-state index in [0.29, 0.717) is 23.3 Å². The first-order chi connectivity index (χ1) is 14.2. The van der Waals surface area contributed by atoms with Crippen LogP contribution in [0.2, 0.25) is 0 Å². The summed E-state index contributed by atoms with van der Waals surface area (Å²) in [5.74, 6) is 2.05. The smallest absolute Gasteiger partial charge is 0.280 e. The van der Waals surface area contributed by atoms with Crippen molar-refractivity contribution in [2.75, 3.05) is 21.9 Å². The maximum atomic E-state index is 12.7. The minimum absolute atomic E-state index is 0.00307. The van der Waals surface area contributed by atoms with Crippen molar-refractivity contribution in [1.29, 1.82) is 0 Å². The average molecular weight is 430 g/mol. The van der Waals surface area contributed by atoms with E-state index in [1.165, 1.54) is 6.20 Å². The van der Waals surface area contributed by atoms with Crippen molar-refractivity contribution in [3.05, 3.63) is 48.0 Å². The third-order valence-electron chi connectivity index (χ3n) is 4.28. The summed E-state index contributed by atoms with van der Waals surface area (Å²) in [6.07, 6.45) is 1.52. The molecular weight excluding hydrogens is 402 g/mol. The van der Waals surface area contributed by atoms with Gasteiger partial charge in [-0.25, -0.2) is 9.97 Å². The number of hydrogen-bond acceptors (Lipinski definition) is 7. The molecular formula is C20H27N7O2S. The molecule has 3 rings (SSSR count). The second-order valence-electron chi connectivity index (χ2n) is 7.26. The minimum atomic E-state index is -3.77. The van der Waals surface area contributed by atoms with Crippen LogP contribution in [0.25, 0.3) is 0 Å². The van der Waals surface area contributed by atoms with Crippen LogP contribution in [0.3, 0.4) is 0 Å². The molecule has 0 radical (unpaired) electrons. The Morgan fingerprint density at radius 2 is 1.73 bits per heavy atom. The zero-order chi connectivity index (χ0) is 21.9. The minimum Gasteiger partial charge on any atom is -0.354 e. The van der Waals surface area contributed by atoms with E-state index in [1.807, 2.05) is 33.8 Å². The normalized spacial score (nSPS) is 11.5. The van der Waals surface area contributed by atoms with E-state index in [9.17, 15) is 8.42 Å². The van der Waals surface area contributed by atoms with Crippen molar-refractivity contribution in [3.63, 3.8) is 0 Å². The molecule has 0 aliphatic carbocycles. The summed E-state index contributed by atoms with van der Waals surface area (Å²) in [7, 11) is -1.98. The molecule has 2 heterocycles. The lowest BCUT2D eigenvalue weighted by Gasteiger charge is -2.10. The van der Waals surface area contributed by atoms with E-state index in [2.05, 4.69) is 30.3 Å². The standard InChI is InChI=1S/C20H27N7O2S/c1-6-21-20-22-14(4)11-17(24-20)23-15-7-9-16(10-8-15)26-30(28,29)18-12-27(5)19(25-18)13(2)3/h7-13,26H,6H2,1-5H3,(H2,21,22,23,24). The van der Waals surface area contributed by atoms with Crippen LogP contribution in [-0.2, 0) is 17.1 Å². The third kappa shape index (κ3) is 5.07. The summed E-state index contributed by atoms with van der Waals surface area (Å²) in [5, 5.41) is 6.30. The molecule has 0 unspecified atom stereocenters. The van der Waals surface area contributed by atoms with Gasteiger partial charge in [0, 0.05) is 48.8 Å². The summed E-state index contributed by atoms with van der Waals surface area (Å²) >= 11 is 0. The highest BCUT2D eigenvalue weighted by Gasteiger charge is 2.20. The largest absolute Gasteiger partial charge is 0.354 e. The summed E-state index contributed by atoms with van der Waals surface area (Å²) in [4.78, 5) is 13.0. The number of aryl methyl sites for hydroxylation is 2. The molecule has 0 aliphatic heterocycles. The molecule has 0 atom stereocenters. The van der Waals surface area contributed by atoms with Crippen LogP contribution in [0.1, 0.15) is 38.2 Å². The van der Waals surface area contributed by atoms with Gasteiger partial charge in [-0.1, -0.05) is 13.8 Å². The molecule has 2 aromatic heterocycles. The van der Waals surface area contributed by atoms with Crippen molar-refractivity contribution < 1.29 is 8.42 Å². The van der Waals surface area contributed by atoms with Crippen molar-refractivity contribution in [2.45, 2.75) is 38.6 Å². The molecule has 0 spiro atoms. The number of hydrogen-bond donors (Lipinski definition) is 3. The van der Waals surface area contributed by atoms with Crippen LogP contribution >= 0.6 is 0 Å². The summed E-state index contributed by atoms with van der Waals surface area (Å²) < 4.78 is 29.7. The van der Waals surface area contributed by atoms with Gasteiger partial charge in [-0.05, 0) is 38.1 Å². The summed E-state index contributed by atoms with van der Waals surface area (Å²) in [5.41, 5.74) is 2.06. The highest BCUT2D eigenvalue weighted by Crippen LogP contribution is 2.22. The monoisotopic (exact) mass is 429 g/mol. The van der Waals surface area contributed by atoms with Crippen molar-refractivity contribution in [1.82, 2.24) is 19.5 Å². The Morgan fingerprint density at radius 3 is 2.33 bits per heavy atom. The molecule has 0 fully saturated rings. The molecule has 1 aromatic carbocycles. The fourth-order valence-corrected chi connectivity index (χ4v) is 4.03. The SMILES string of the molecule is CCNc1nc(C)cc(Nc2ccc(NS(=O)(=O)c3cn(C)c(C(C)C)n3)cc2)n1. The Labute approximate surface area is 177 Å². The molecule has 9 nitrogen and oxygen atoms in total. The molecule has 0 amide bonds. The van der Waals surface area contributed by atoms with Gasteiger partial charge in [-0.15, -0.1) is 0 Å². The number of aromatic nitrogens is 4. The lowest BCUT2D eigenvalue weighted by atomic mass is 10.2. The number of rotatable bonds is 8. The molecule has 160 valence electrons. The number of anilines is 4. The van der Waals surface area contributed by atoms with Gasteiger partial charge in [0.05, 0.1) is 0 Å². The number of benzene rings is 1. The van der Waals surface area contributed by atoms with E-state index in [4.69, 9.17) is 0 Å². The van der Waals surface area contributed by atoms with Gasteiger partial charge in [-0.2, -0.15) is 13.4 Å². The molecule has 0 saturated heterocycles. The number of nitrogens with one attached hydrogen (secondary N) is 3. The highest BCUT2D eigenvalue weighted by molar-refractivity contribution is 7.92. The van der Waals surface area contributed by atoms with Crippen LogP contribution in [0.4, 0.5) is 23.1 Å². The molecule has 0 saturated carbocycles. The summed E-state index contributed by atoms with van der Waals surface area (Å²) in [6, 6.07) is 8.77. The van der Waals surface area contributed by atoms with Gasteiger partial charge in [0.25, 0.3) is 10.0 Å². The van der Waals surface area contributed by atoms with Gasteiger partial charge >= 0.3 is 0 Å². The Kier molecular flexibility index (Phi) is 6.25. The van der Waals surface area contributed by atoms with Crippen molar-refractivity contribution in [3.8, 4) is 0 Å². The lowest BCUT2D eigenvalue weighted by Crippen LogP contribution is -2.13. The second-order valence-corrected chi connectivity index (χ2v) is 8.89. The van der Waals surface area contributed by atoms with Crippen LogP contribution < -0.4 is 15.4 Å². The van der Waals surface area contributed by atoms with Crippen molar-refractivity contribution in [2.24, 2.45) is 7.05 Å². The maximum Gasteiger partial charge on any atom is 0.280 e. The zero-order valence-corrected chi connectivity index (χ0v) is 18.6. The van der Waals surface area contributed by atoms with E-state index in [-0.39, 0.29) is 10.9 Å². The first kappa shape index (κ1) is 21.6. The predicted molar refractivity (Wildman–Crippen MR) is 119 cm³/mol. The van der Waals surface area contributed by atoms with Crippen LogP contribution in [0, 0.1) is 6.92 Å². The molecule has 10 heteroatoms. The molecule has 3 N–H and O–H groups in total. The van der Waals surface area contributed by atoms with E-state index < -0.39 is 10.0 Å². The van der Waals surface area contributed by atoms with E-state index in [1.54, 1.807) is 35.9 Å². The first-order valence-electron chi connectivity index (χ1n) is 9.70. The Hall–Kier alpha value is -3.14. The maximum absolute atomic E-state index is 12.7. The van der Waals surface area contributed by atoms with Gasteiger partial charge < -0.3 is 15.2 Å². The quantitative estimate of drug-likeness (QED) is 0.501. The van der Waals surface area contributed by atoms with Gasteiger partial charge in [-0.3, -0.25) is 4.72 Å². The van der Waals surface area contributed by atoms with Crippen LogP contribution in [0.15, 0.2) is 41.6 Å². The summed E-state index contributed by atoms with van der Waals surface area (Å²) in [6.45, 7) is 8.55. The molecule has 30 heavy (non-hydrogen) atoms. The van der Waals surface area contributed by atoms with E-state index >= 15 is 0 Å². The highest BCUT2D eigenvalue weighted by atomic mass is 32.2. The Bertz CT molecular complexity index is 1120. The topological polar surface area (TPSA) is 114 Å². The lowest BCUT2D eigenvalue weighted by molar-refractivity contribution is 0.597. The van der Waals surface area contributed by atoms with E-state index in [0.717, 1.165) is 17.9 Å². The third-order valence-corrected chi connectivity index (χ3v) is 5.53. The number of imidazole rings is 1. The first-order valence-corrected chi connectivity index (χ1v) is 11.2. The van der Waals surface area contributed by atoms with Crippen LogP contribution in [0.5, 0.6) is 0 Å². The van der Waals surface area contributed by atoms with Crippen LogP contribution in [-0.4, -0.2) is 34.5 Å². The predicted octanol–water partition coefficient (Wildman–Crippen LogP) is 3.62. The molecule has 0 bridgehead atoms. The second kappa shape index (κ2) is 8.70. The zero-order valence-electron chi connectivity index (χ0n) is 17.8. The van der Waals surface area contributed by atoms with Gasteiger partial charge in [0.1, 0.15) is 11.6 Å². The molecule has 3 aromatic rings. The Morgan fingerprint density at radius 1 is 1.07 bits per heavy atom. The number of nitrogens with zero attached hydrogens (tertiary/aromatic N) is 4. The average Bonchev–Trinajstić information content (AvgIpc) is 3.06. The van der Waals surface area contributed by atoms with Gasteiger partial charge in [0.2, 0.25) is 5.95 Å². The molecule has 0 aliphatic rings.